The van der Waals surface area contributed by atoms with Gasteiger partial charge in [0.15, 0.2) is 0 Å². The lowest BCUT2D eigenvalue weighted by atomic mass is 10.2. The SMILES string of the molecule is C=CS(=O)(=O)N1CC[C@@H](n2c(=O)n(-c3ccc(Oc4ccccc4)c(Cl)c3)c3cnccc32)C1. The lowest BCUT2D eigenvalue weighted by Gasteiger charge is -2.14. The molecule has 1 atom stereocenters. The van der Waals surface area contributed by atoms with Gasteiger partial charge in [0.2, 0.25) is 10.0 Å². The summed E-state index contributed by atoms with van der Waals surface area (Å²) in [7, 11) is -3.56. The number of aromatic nitrogens is 3. The van der Waals surface area contributed by atoms with Gasteiger partial charge in [-0.15, -0.1) is 0 Å². The maximum Gasteiger partial charge on any atom is 0.334 e. The minimum Gasteiger partial charge on any atom is -0.456 e. The standard InChI is InChI=1S/C24H21ClN4O4S/c1-2-34(31,32)27-13-11-18(16-27)29-21-10-12-26-15-22(21)28(24(29)30)17-8-9-23(20(25)14-17)33-19-6-4-3-5-7-19/h2-10,12,14-15,18H,1,11,13,16H2/t18-/m1/s1. The Morgan fingerprint density at radius 1 is 1.12 bits per heavy atom. The highest BCUT2D eigenvalue weighted by Gasteiger charge is 2.33. The molecule has 1 aliphatic rings. The van der Waals surface area contributed by atoms with Crippen molar-refractivity contribution < 1.29 is 13.2 Å². The van der Waals surface area contributed by atoms with Gasteiger partial charge in [-0.1, -0.05) is 36.4 Å². The number of para-hydroxylation sites is 1. The van der Waals surface area contributed by atoms with E-state index in [1.165, 1.54) is 8.87 Å². The maximum atomic E-state index is 13.6. The molecule has 0 radical (unpaired) electrons. The molecule has 0 amide bonds. The fourth-order valence-corrected chi connectivity index (χ4v) is 5.42. The summed E-state index contributed by atoms with van der Waals surface area (Å²) in [6, 6.07) is 15.8. The Balaban J connectivity index is 1.56. The Morgan fingerprint density at radius 2 is 1.91 bits per heavy atom. The monoisotopic (exact) mass is 496 g/mol. The minimum atomic E-state index is -3.56. The second-order valence-corrected chi connectivity index (χ2v) is 10.2. The lowest BCUT2D eigenvalue weighted by Crippen LogP contribution is -2.31. The summed E-state index contributed by atoms with van der Waals surface area (Å²) < 4.78 is 34.8. The van der Waals surface area contributed by atoms with Crippen LogP contribution in [-0.2, 0) is 10.0 Å². The van der Waals surface area contributed by atoms with Crippen LogP contribution in [0.3, 0.4) is 0 Å². The van der Waals surface area contributed by atoms with Gasteiger partial charge in [-0.2, -0.15) is 4.31 Å². The molecule has 0 N–H and O–H groups in total. The van der Waals surface area contributed by atoms with Crippen LogP contribution in [0.4, 0.5) is 0 Å². The van der Waals surface area contributed by atoms with Crippen LogP contribution in [0.15, 0.2) is 83.8 Å². The van der Waals surface area contributed by atoms with E-state index >= 15 is 0 Å². The summed E-state index contributed by atoms with van der Waals surface area (Å²) in [5.41, 5.74) is 1.54. The zero-order valence-electron chi connectivity index (χ0n) is 18.0. The summed E-state index contributed by atoms with van der Waals surface area (Å²) in [6.07, 6.45) is 3.74. The summed E-state index contributed by atoms with van der Waals surface area (Å²) in [5, 5.41) is 1.29. The molecule has 0 bridgehead atoms. The first kappa shape index (κ1) is 22.4. The number of hydrogen-bond acceptors (Lipinski definition) is 5. The van der Waals surface area contributed by atoms with Crippen LogP contribution in [0, 0.1) is 0 Å². The molecule has 0 saturated carbocycles. The van der Waals surface area contributed by atoms with Crippen molar-refractivity contribution in [3.63, 3.8) is 0 Å². The quantitative estimate of drug-likeness (QED) is 0.396. The molecule has 1 fully saturated rings. The number of hydrogen-bond donors (Lipinski definition) is 0. The number of sulfonamides is 1. The van der Waals surface area contributed by atoms with E-state index in [2.05, 4.69) is 11.6 Å². The van der Waals surface area contributed by atoms with E-state index in [4.69, 9.17) is 16.3 Å². The second-order valence-electron chi connectivity index (χ2n) is 7.89. The largest absolute Gasteiger partial charge is 0.456 e. The first-order chi connectivity index (χ1) is 16.4. The van der Waals surface area contributed by atoms with Gasteiger partial charge in [0, 0.05) is 24.7 Å². The fraction of sp³-hybridized carbons (Fsp3) is 0.167. The van der Waals surface area contributed by atoms with Crippen molar-refractivity contribution in [2.45, 2.75) is 12.5 Å². The van der Waals surface area contributed by atoms with E-state index in [1.54, 1.807) is 41.2 Å². The molecule has 1 aliphatic heterocycles. The van der Waals surface area contributed by atoms with Crippen LogP contribution in [-0.4, -0.2) is 39.9 Å². The number of ether oxygens (including phenoxy) is 1. The van der Waals surface area contributed by atoms with Gasteiger partial charge in [-0.25, -0.2) is 13.2 Å². The van der Waals surface area contributed by atoms with E-state index in [1.807, 2.05) is 30.3 Å². The first-order valence-corrected chi connectivity index (χ1v) is 12.5. The summed E-state index contributed by atoms with van der Waals surface area (Å²) >= 11 is 6.51. The van der Waals surface area contributed by atoms with Crippen molar-refractivity contribution >= 4 is 32.7 Å². The van der Waals surface area contributed by atoms with Crippen LogP contribution in [0.25, 0.3) is 16.7 Å². The van der Waals surface area contributed by atoms with E-state index in [9.17, 15) is 13.2 Å². The van der Waals surface area contributed by atoms with Gasteiger partial charge in [0.05, 0.1) is 34.0 Å². The lowest BCUT2D eigenvalue weighted by molar-refractivity contribution is 0.457. The highest BCUT2D eigenvalue weighted by molar-refractivity contribution is 7.92. The van der Waals surface area contributed by atoms with Gasteiger partial charge in [-0.3, -0.25) is 14.1 Å². The Hall–Kier alpha value is -3.40. The molecular weight excluding hydrogens is 476 g/mol. The molecule has 2 aromatic heterocycles. The fourth-order valence-electron chi connectivity index (χ4n) is 4.26. The maximum absolute atomic E-state index is 13.6. The van der Waals surface area contributed by atoms with E-state index in [-0.39, 0.29) is 18.3 Å². The first-order valence-electron chi connectivity index (χ1n) is 10.6. The topological polar surface area (TPSA) is 86.4 Å². The molecule has 10 heteroatoms. The molecule has 5 rings (SSSR count). The molecular formula is C24H21ClN4O4S. The predicted octanol–water partition coefficient (Wildman–Crippen LogP) is 4.35. The third-order valence-corrected chi connectivity index (χ3v) is 7.65. The molecule has 1 saturated heterocycles. The molecule has 0 unspecified atom stereocenters. The molecule has 174 valence electrons. The molecule has 0 aliphatic carbocycles. The normalized spacial score (nSPS) is 16.7. The number of pyridine rings is 1. The molecule has 3 heterocycles. The average molecular weight is 497 g/mol. The van der Waals surface area contributed by atoms with Crippen molar-refractivity contribution in [2.24, 2.45) is 0 Å². The van der Waals surface area contributed by atoms with Crippen LogP contribution in [0.2, 0.25) is 5.02 Å². The summed E-state index contributed by atoms with van der Waals surface area (Å²) in [5.74, 6) is 1.11. The van der Waals surface area contributed by atoms with Crippen molar-refractivity contribution in [1.82, 2.24) is 18.4 Å². The van der Waals surface area contributed by atoms with E-state index in [0.717, 1.165) is 5.41 Å². The number of fused-ring (bicyclic) bond motifs is 1. The number of imidazole rings is 1. The zero-order valence-corrected chi connectivity index (χ0v) is 19.6. The van der Waals surface area contributed by atoms with Gasteiger partial charge in [-0.05, 0) is 42.8 Å². The minimum absolute atomic E-state index is 0.195. The smallest absolute Gasteiger partial charge is 0.334 e. The molecule has 4 aromatic rings. The van der Waals surface area contributed by atoms with Crippen molar-refractivity contribution in [3.8, 4) is 17.2 Å². The number of halogens is 1. The second kappa shape index (κ2) is 8.75. The Labute approximate surface area is 201 Å². The van der Waals surface area contributed by atoms with Gasteiger partial charge in [0.25, 0.3) is 0 Å². The van der Waals surface area contributed by atoms with Crippen molar-refractivity contribution in [1.29, 1.82) is 0 Å². The van der Waals surface area contributed by atoms with Gasteiger partial charge < -0.3 is 4.74 Å². The number of nitrogens with zero attached hydrogens (tertiary/aromatic N) is 4. The zero-order chi connectivity index (χ0) is 23.9. The molecule has 34 heavy (non-hydrogen) atoms. The highest BCUT2D eigenvalue weighted by atomic mass is 35.5. The molecule has 2 aromatic carbocycles. The predicted molar refractivity (Wildman–Crippen MR) is 131 cm³/mol. The molecule has 0 spiro atoms. The Bertz CT molecular complexity index is 1550. The van der Waals surface area contributed by atoms with Crippen LogP contribution >= 0.6 is 11.6 Å². The highest BCUT2D eigenvalue weighted by Crippen LogP contribution is 2.33. The Morgan fingerprint density at radius 3 is 2.65 bits per heavy atom. The van der Waals surface area contributed by atoms with Gasteiger partial charge in [0.1, 0.15) is 11.5 Å². The third kappa shape index (κ3) is 3.91. The van der Waals surface area contributed by atoms with Crippen LogP contribution < -0.4 is 10.4 Å². The Kier molecular flexibility index (Phi) is 5.76. The van der Waals surface area contributed by atoms with Crippen molar-refractivity contribution in [3.05, 3.63) is 94.5 Å². The number of rotatable bonds is 6. The summed E-state index contributed by atoms with van der Waals surface area (Å²) in [6.45, 7) is 3.91. The van der Waals surface area contributed by atoms with Crippen LogP contribution in [0.1, 0.15) is 12.5 Å². The molecule has 8 nitrogen and oxygen atoms in total. The summed E-state index contributed by atoms with van der Waals surface area (Å²) in [4.78, 5) is 17.8. The van der Waals surface area contributed by atoms with Crippen LogP contribution in [0.5, 0.6) is 11.5 Å². The van der Waals surface area contributed by atoms with E-state index in [0.29, 0.717) is 46.2 Å². The van der Waals surface area contributed by atoms with E-state index < -0.39 is 10.0 Å². The van der Waals surface area contributed by atoms with Crippen molar-refractivity contribution in [2.75, 3.05) is 13.1 Å². The third-order valence-electron chi connectivity index (χ3n) is 5.88. The average Bonchev–Trinajstić information content (AvgIpc) is 3.44. The number of benzene rings is 2. The van der Waals surface area contributed by atoms with Gasteiger partial charge >= 0.3 is 5.69 Å².